The molecular weight excluding hydrogens is 400 g/mol. The third-order valence-electron chi connectivity index (χ3n) is 5.69. The molecule has 162 valence electrons. The van der Waals surface area contributed by atoms with Gasteiger partial charge in [-0.3, -0.25) is 14.7 Å². The van der Waals surface area contributed by atoms with Gasteiger partial charge < -0.3 is 5.32 Å². The molecule has 1 amide bonds. The third-order valence-corrected chi connectivity index (χ3v) is 5.69. The molecule has 2 aromatic heterocycles. The number of carbonyl (C=O) groups is 1. The highest BCUT2D eigenvalue weighted by atomic mass is 19.1. The number of aromatic nitrogens is 3. The number of halogens is 2. The second-order valence-electron chi connectivity index (χ2n) is 7.90. The minimum absolute atomic E-state index is 0.0668. The number of likely N-dealkylation sites (tertiary alicyclic amines) is 1. The van der Waals surface area contributed by atoms with Crippen molar-refractivity contribution in [2.24, 2.45) is 0 Å². The van der Waals surface area contributed by atoms with Gasteiger partial charge in [0.1, 0.15) is 11.5 Å². The number of hydrogen-bond acceptors (Lipinski definition) is 4. The van der Waals surface area contributed by atoms with E-state index in [-0.39, 0.29) is 17.6 Å². The Morgan fingerprint density at radius 3 is 2.61 bits per heavy atom. The van der Waals surface area contributed by atoms with Crippen LogP contribution in [0.25, 0.3) is 5.69 Å². The van der Waals surface area contributed by atoms with Crippen molar-refractivity contribution in [1.82, 2.24) is 25.0 Å². The van der Waals surface area contributed by atoms with Crippen LogP contribution in [0.4, 0.5) is 8.78 Å². The molecule has 0 spiro atoms. The van der Waals surface area contributed by atoms with Crippen LogP contribution >= 0.6 is 0 Å². The van der Waals surface area contributed by atoms with Gasteiger partial charge in [0.2, 0.25) is 0 Å². The molecule has 3 aromatic rings. The van der Waals surface area contributed by atoms with Gasteiger partial charge >= 0.3 is 0 Å². The Morgan fingerprint density at radius 1 is 1.16 bits per heavy atom. The monoisotopic (exact) mass is 425 g/mol. The van der Waals surface area contributed by atoms with Crippen molar-refractivity contribution in [3.8, 4) is 5.69 Å². The van der Waals surface area contributed by atoms with Crippen molar-refractivity contribution in [2.45, 2.75) is 39.3 Å². The highest BCUT2D eigenvalue weighted by molar-refractivity contribution is 5.96. The van der Waals surface area contributed by atoms with E-state index < -0.39 is 11.6 Å². The van der Waals surface area contributed by atoms with Crippen LogP contribution in [0, 0.1) is 25.5 Å². The van der Waals surface area contributed by atoms with Crippen molar-refractivity contribution in [2.75, 3.05) is 13.1 Å². The standard InChI is InChI=1S/C23H25F2N5O/c1-15-22(16(2)30(28-15)21-7-6-17(24)13-20(21)25)23(31)27-18-8-11-29(12-9-18)14-19-5-3-4-10-26-19/h3-7,10,13,18H,8-9,11-12,14H2,1-2H3,(H,27,31). The lowest BCUT2D eigenvalue weighted by atomic mass is 10.0. The molecule has 1 aliphatic rings. The van der Waals surface area contributed by atoms with Crippen molar-refractivity contribution in [1.29, 1.82) is 0 Å². The van der Waals surface area contributed by atoms with Crippen LogP contribution in [0.3, 0.4) is 0 Å². The largest absolute Gasteiger partial charge is 0.349 e. The summed E-state index contributed by atoms with van der Waals surface area (Å²) in [7, 11) is 0. The molecule has 0 saturated carbocycles. The lowest BCUT2D eigenvalue weighted by molar-refractivity contribution is 0.0907. The van der Waals surface area contributed by atoms with E-state index in [1.54, 1.807) is 20.0 Å². The van der Waals surface area contributed by atoms with Gasteiger partial charge in [-0.05, 0) is 51.0 Å². The molecule has 1 N–H and O–H groups in total. The highest BCUT2D eigenvalue weighted by Gasteiger charge is 2.25. The molecule has 0 radical (unpaired) electrons. The maximum atomic E-state index is 14.2. The molecule has 1 aromatic carbocycles. The van der Waals surface area contributed by atoms with Crippen molar-refractivity contribution >= 4 is 5.91 Å². The van der Waals surface area contributed by atoms with Crippen molar-refractivity contribution in [3.05, 3.63) is 76.9 Å². The van der Waals surface area contributed by atoms with E-state index in [1.807, 2.05) is 18.2 Å². The van der Waals surface area contributed by atoms with Crippen LogP contribution in [0.2, 0.25) is 0 Å². The molecular formula is C23H25F2N5O. The third kappa shape index (κ3) is 4.64. The Morgan fingerprint density at radius 2 is 1.94 bits per heavy atom. The summed E-state index contributed by atoms with van der Waals surface area (Å²) in [6.45, 7) is 5.98. The van der Waals surface area contributed by atoms with Crippen LogP contribution in [0.15, 0.2) is 42.6 Å². The smallest absolute Gasteiger partial charge is 0.255 e. The number of nitrogens with one attached hydrogen (secondary N) is 1. The number of pyridine rings is 1. The maximum absolute atomic E-state index is 14.2. The minimum Gasteiger partial charge on any atom is -0.349 e. The first-order valence-corrected chi connectivity index (χ1v) is 10.4. The molecule has 4 rings (SSSR count). The normalized spacial score (nSPS) is 15.2. The fourth-order valence-corrected chi connectivity index (χ4v) is 4.07. The van der Waals surface area contributed by atoms with Gasteiger partial charge in [-0.25, -0.2) is 13.5 Å². The lowest BCUT2D eigenvalue weighted by Gasteiger charge is -2.32. The zero-order valence-electron chi connectivity index (χ0n) is 17.6. The molecule has 0 aliphatic carbocycles. The zero-order valence-corrected chi connectivity index (χ0v) is 17.6. The van der Waals surface area contributed by atoms with E-state index in [0.29, 0.717) is 17.0 Å². The number of hydrogen-bond donors (Lipinski definition) is 1. The first kappa shape index (κ1) is 21.1. The van der Waals surface area contributed by atoms with Gasteiger partial charge in [0.05, 0.1) is 22.6 Å². The van der Waals surface area contributed by atoms with Crippen LogP contribution in [-0.2, 0) is 6.54 Å². The first-order chi connectivity index (χ1) is 14.9. The molecule has 1 aliphatic heterocycles. The molecule has 1 fully saturated rings. The molecule has 0 atom stereocenters. The molecule has 31 heavy (non-hydrogen) atoms. The quantitative estimate of drug-likeness (QED) is 0.679. The fourth-order valence-electron chi connectivity index (χ4n) is 4.07. The predicted molar refractivity (Wildman–Crippen MR) is 113 cm³/mol. The predicted octanol–water partition coefficient (Wildman–Crippen LogP) is 3.56. The van der Waals surface area contributed by atoms with E-state index in [1.165, 1.54) is 16.8 Å². The van der Waals surface area contributed by atoms with Gasteiger partial charge in [0.15, 0.2) is 5.82 Å². The Balaban J connectivity index is 1.41. The summed E-state index contributed by atoms with van der Waals surface area (Å²) in [4.78, 5) is 19.7. The number of amides is 1. The lowest BCUT2D eigenvalue weighted by Crippen LogP contribution is -2.44. The van der Waals surface area contributed by atoms with E-state index in [4.69, 9.17) is 0 Å². The summed E-state index contributed by atoms with van der Waals surface area (Å²) in [6, 6.07) is 9.28. The maximum Gasteiger partial charge on any atom is 0.255 e. The van der Waals surface area contributed by atoms with Crippen molar-refractivity contribution < 1.29 is 13.6 Å². The molecule has 0 bridgehead atoms. The van der Waals surface area contributed by atoms with E-state index in [9.17, 15) is 13.6 Å². The molecule has 8 heteroatoms. The Labute approximate surface area is 179 Å². The average molecular weight is 425 g/mol. The van der Waals surface area contributed by atoms with E-state index >= 15 is 0 Å². The zero-order chi connectivity index (χ0) is 22.0. The van der Waals surface area contributed by atoms with Crippen LogP contribution < -0.4 is 5.32 Å². The summed E-state index contributed by atoms with van der Waals surface area (Å²) in [6.07, 6.45) is 3.49. The molecule has 0 unspecified atom stereocenters. The number of rotatable bonds is 5. The molecule has 1 saturated heterocycles. The minimum atomic E-state index is -0.724. The average Bonchev–Trinajstić information content (AvgIpc) is 3.04. The summed E-state index contributed by atoms with van der Waals surface area (Å²) < 4.78 is 28.8. The van der Waals surface area contributed by atoms with Crippen LogP contribution in [0.1, 0.15) is 40.3 Å². The summed E-state index contributed by atoms with van der Waals surface area (Å²) in [5.74, 6) is -1.60. The van der Waals surface area contributed by atoms with Crippen LogP contribution in [0.5, 0.6) is 0 Å². The summed E-state index contributed by atoms with van der Waals surface area (Å²) in [5.41, 5.74) is 2.61. The van der Waals surface area contributed by atoms with Crippen LogP contribution in [-0.4, -0.2) is 44.7 Å². The number of piperidine rings is 1. The SMILES string of the molecule is Cc1nn(-c2ccc(F)cc2F)c(C)c1C(=O)NC1CCN(Cc2ccccn2)CC1. The molecule has 3 heterocycles. The Kier molecular flexibility index (Phi) is 6.08. The fraction of sp³-hybridized carbons (Fsp3) is 0.348. The Bertz CT molecular complexity index is 1080. The second kappa shape index (κ2) is 8.93. The number of benzene rings is 1. The summed E-state index contributed by atoms with van der Waals surface area (Å²) in [5, 5.41) is 7.42. The topological polar surface area (TPSA) is 63.1 Å². The Hall–Kier alpha value is -3.13. The number of carbonyl (C=O) groups excluding carboxylic acids is 1. The van der Waals surface area contributed by atoms with E-state index in [0.717, 1.165) is 44.2 Å². The summed E-state index contributed by atoms with van der Waals surface area (Å²) >= 11 is 0. The highest BCUT2D eigenvalue weighted by Crippen LogP contribution is 2.22. The first-order valence-electron chi connectivity index (χ1n) is 10.4. The molecule has 6 nitrogen and oxygen atoms in total. The van der Waals surface area contributed by atoms with Gasteiger partial charge in [-0.2, -0.15) is 5.10 Å². The van der Waals surface area contributed by atoms with Gasteiger partial charge in [0.25, 0.3) is 5.91 Å². The van der Waals surface area contributed by atoms with Gasteiger partial charge in [-0.15, -0.1) is 0 Å². The second-order valence-corrected chi connectivity index (χ2v) is 7.90. The van der Waals surface area contributed by atoms with Gasteiger partial charge in [-0.1, -0.05) is 6.07 Å². The number of nitrogens with zero attached hydrogens (tertiary/aromatic N) is 4. The van der Waals surface area contributed by atoms with E-state index in [2.05, 4.69) is 20.3 Å². The number of aryl methyl sites for hydroxylation is 1. The van der Waals surface area contributed by atoms with Crippen molar-refractivity contribution in [3.63, 3.8) is 0 Å². The van der Waals surface area contributed by atoms with Gasteiger partial charge in [0, 0.05) is 37.9 Å².